The topological polar surface area (TPSA) is 177 Å². The molecule has 0 aromatic heterocycles. The summed E-state index contributed by atoms with van der Waals surface area (Å²) in [5, 5.41) is 33.5. The average Bonchev–Trinajstić information content (AvgIpc) is 3.18. The highest BCUT2D eigenvalue weighted by Gasteiger charge is 2.27. The Kier molecular flexibility index (Phi) is 6.20. The van der Waals surface area contributed by atoms with Gasteiger partial charge in [0.1, 0.15) is 5.75 Å². The fourth-order valence-corrected chi connectivity index (χ4v) is 3.38. The summed E-state index contributed by atoms with van der Waals surface area (Å²) in [7, 11) is 0. The van der Waals surface area contributed by atoms with E-state index >= 15 is 0 Å². The maximum absolute atomic E-state index is 12.4. The van der Waals surface area contributed by atoms with Gasteiger partial charge in [-0.3, -0.25) is 30.3 Å². The molecule has 4 rings (SSSR count). The number of hydrogen-bond donors (Lipinski definition) is 0. The number of non-ortho nitro benzene ring substituents is 1. The van der Waals surface area contributed by atoms with Crippen molar-refractivity contribution >= 4 is 35.0 Å². The van der Waals surface area contributed by atoms with Gasteiger partial charge in [-0.1, -0.05) is 18.2 Å². The molecule has 1 aliphatic rings. The first kappa shape index (κ1) is 23.7. The first-order chi connectivity index (χ1) is 17.1. The number of nitrogens with zero attached hydrogens (tertiary/aromatic N) is 4. The van der Waals surface area contributed by atoms with Gasteiger partial charge in [-0.05, 0) is 42.8 Å². The van der Waals surface area contributed by atoms with E-state index in [0.717, 1.165) is 18.2 Å². The van der Waals surface area contributed by atoms with Crippen LogP contribution in [0.25, 0.3) is 6.08 Å². The monoisotopic (exact) mass is 490 g/mol. The standard InChI is InChI=1S/C23H14N4O9/c1-13-17(6-3-7-19(13)26(31)32)22-24-18(23(28)36-22)11-14-4-2-5-16(10-14)35-21-9-8-15(25(29)30)12-20(21)27(33)34/h2-12H,1H3/b18-11-. The molecule has 0 saturated heterocycles. The molecule has 0 saturated carbocycles. The molecule has 0 atom stereocenters. The van der Waals surface area contributed by atoms with Gasteiger partial charge in [0.25, 0.3) is 11.4 Å². The van der Waals surface area contributed by atoms with Crippen molar-refractivity contribution in [1.82, 2.24) is 0 Å². The lowest BCUT2D eigenvalue weighted by molar-refractivity contribution is -0.394. The van der Waals surface area contributed by atoms with Gasteiger partial charge in [-0.2, -0.15) is 0 Å². The van der Waals surface area contributed by atoms with Crippen molar-refractivity contribution in [1.29, 1.82) is 0 Å². The maximum atomic E-state index is 12.4. The number of cyclic esters (lactones) is 1. The van der Waals surface area contributed by atoms with E-state index in [0.29, 0.717) is 11.1 Å². The number of benzene rings is 3. The van der Waals surface area contributed by atoms with E-state index in [4.69, 9.17) is 9.47 Å². The number of nitro benzene ring substituents is 3. The molecular weight excluding hydrogens is 476 g/mol. The zero-order valence-electron chi connectivity index (χ0n) is 18.3. The van der Waals surface area contributed by atoms with E-state index in [1.54, 1.807) is 18.2 Å². The van der Waals surface area contributed by atoms with Crippen molar-refractivity contribution in [3.8, 4) is 11.5 Å². The predicted molar refractivity (Wildman–Crippen MR) is 125 cm³/mol. The molecule has 0 amide bonds. The van der Waals surface area contributed by atoms with E-state index in [1.807, 2.05) is 0 Å². The summed E-state index contributed by atoms with van der Waals surface area (Å²) >= 11 is 0. The second-order valence-corrected chi connectivity index (χ2v) is 7.38. The van der Waals surface area contributed by atoms with Crippen LogP contribution in [0.4, 0.5) is 17.1 Å². The summed E-state index contributed by atoms with van der Waals surface area (Å²) in [6.45, 7) is 1.52. The summed E-state index contributed by atoms with van der Waals surface area (Å²) in [5.74, 6) is -0.905. The van der Waals surface area contributed by atoms with Crippen molar-refractivity contribution in [2.75, 3.05) is 0 Å². The fourth-order valence-electron chi connectivity index (χ4n) is 3.38. The van der Waals surface area contributed by atoms with Crippen LogP contribution in [0.1, 0.15) is 16.7 Å². The molecule has 0 aliphatic carbocycles. The zero-order valence-corrected chi connectivity index (χ0v) is 18.3. The van der Waals surface area contributed by atoms with Crippen LogP contribution in [0, 0.1) is 37.3 Å². The largest absolute Gasteiger partial charge is 0.450 e. The Labute approximate surface area is 201 Å². The summed E-state index contributed by atoms with van der Waals surface area (Å²) in [4.78, 5) is 47.9. The van der Waals surface area contributed by atoms with E-state index in [1.165, 1.54) is 37.3 Å². The molecule has 0 bridgehead atoms. The van der Waals surface area contributed by atoms with Gasteiger partial charge in [-0.25, -0.2) is 9.79 Å². The highest BCUT2D eigenvalue weighted by atomic mass is 16.6. The average molecular weight is 490 g/mol. The van der Waals surface area contributed by atoms with Gasteiger partial charge in [0.05, 0.1) is 20.8 Å². The molecule has 180 valence electrons. The van der Waals surface area contributed by atoms with Crippen molar-refractivity contribution in [2.24, 2.45) is 4.99 Å². The smallest absolute Gasteiger partial charge is 0.363 e. The second-order valence-electron chi connectivity index (χ2n) is 7.38. The Bertz CT molecular complexity index is 1510. The molecule has 1 aliphatic heterocycles. The molecule has 1 heterocycles. The molecular formula is C23H14N4O9. The third kappa shape index (κ3) is 4.75. The van der Waals surface area contributed by atoms with E-state index in [9.17, 15) is 35.1 Å². The molecule has 3 aromatic rings. The molecule has 36 heavy (non-hydrogen) atoms. The van der Waals surface area contributed by atoms with Gasteiger partial charge in [-0.15, -0.1) is 0 Å². The molecule has 0 radical (unpaired) electrons. The zero-order chi connectivity index (χ0) is 26.0. The van der Waals surface area contributed by atoms with E-state index < -0.39 is 32.1 Å². The Balaban J connectivity index is 1.64. The van der Waals surface area contributed by atoms with E-state index in [-0.39, 0.29) is 34.3 Å². The summed E-state index contributed by atoms with van der Waals surface area (Å²) < 4.78 is 10.8. The van der Waals surface area contributed by atoms with Crippen LogP contribution in [0.5, 0.6) is 11.5 Å². The van der Waals surface area contributed by atoms with Crippen molar-refractivity contribution in [2.45, 2.75) is 6.92 Å². The molecule has 3 aromatic carbocycles. The van der Waals surface area contributed by atoms with Crippen LogP contribution < -0.4 is 4.74 Å². The van der Waals surface area contributed by atoms with Crippen molar-refractivity contribution < 1.29 is 29.0 Å². The number of carbonyl (C=O) groups is 1. The summed E-state index contributed by atoms with van der Waals surface area (Å²) in [6, 6.07) is 13.5. The number of nitro groups is 3. The van der Waals surface area contributed by atoms with Crippen LogP contribution in [0.3, 0.4) is 0 Å². The molecule has 0 N–H and O–H groups in total. The first-order valence-electron chi connectivity index (χ1n) is 10.1. The van der Waals surface area contributed by atoms with Gasteiger partial charge in [0, 0.05) is 23.3 Å². The molecule has 0 fully saturated rings. The van der Waals surface area contributed by atoms with Crippen molar-refractivity contribution in [3.05, 3.63) is 113 Å². The van der Waals surface area contributed by atoms with E-state index in [2.05, 4.69) is 4.99 Å². The SMILES string of the molecule is Cc1c(C2=N/C(=C\c3cccc(Oc4ccc([N+](=O)[O-])cc4[N+](=O)[O-])c3)C(=O)O2)cccc1[N+](=O)[O-]. The Morgan fingerprint density at radius 2 is 1.61 bits per heavy atom. The number of hydrogen-bond acceptors (Lipinski definition) is 10. The fraction of sp³-hybridized carbons (Fsp3) is 0.0435. The number of ether oxygens (including phenoxy) is 2. The summed E-state index contributed by atoms with van der Waals surface area (Å²) in [5.41, 5.74) is -0.249. The highest BCUT2D eigenvalue weighted by Crippen LogP contribution is 2.35. The Morgan fingerprint density at radius 1 is 0.889 bits per heavy atom. The molecule has 0 unspecified atom stereocenters. The van der Waals surface area contributed by atoms with Crippen LogP contribution >= 0.6 is 0 Å². The lowest BCUT2D eigenvalue weighted by atomic mass is 10.1. The van der Waals surface area contributed by atoms with Crippen LogP contribution in [-0.2, 0) is 9.53 Å². The van der Waals surface area contributed by atoms with Crippen LogP contribution in [0.15, 0.2) is 71.4 Å². The minimum Gasteiger partial charge on any atom is -0.450 e. The number of esters is 1. The minimum atomic E-state index is -0.797. The predicted octanol–water partition coefficient (Wildman–Crippen LogP) is 4.86. The Hall–Kier alpha value is -5.46. The third-order valence-electron chi connectivity index (χ3n) is 5.09. The van der Waals surface area contributed by atoms with Gasteiger partial charge in [0.15, 0.2) is 5.70 Å². The quantitative estimate of drug-likeness (QED) is 0.194. The lowest BCUT2D eigenvalue weighted by Crippen LogP contribution is -2.08. The minimum absolute atomic E-state index is 0.0747. The normalized spacial score (nSPS) is 13.8. The maximum Gasteiger partial charge on any atom is 0.363 e. The molecule has 0 spiro atoms. The molecule has 13 heteroatoms. The number of carbonyl (C=O) groups excluding carboxylic acids is 1. The van der Waals surface area contributed by atoms with Gasteiger partial charge in [0.2, 0.25) is 11.6 Å². The van der Waals surface area contributed by atoms with Crippen molar-refractivity contribution in [3.63, 3.8) is 0 Å². The second kappa shape index (κ2) is 9.42. The molecule has 13 nitrogen and oxygen atoms in total. The lowest BCUT2D eigenvalue weighted by Gasteiger charge is -2.07. The number of rotatable bonds is 7. The summed E-state index contributed by atoms with van der Waals surface area (Å²) in [6.07, 6.45) is 1.39. The van der Waals surface area contributed by atoms with Gasteiger partial charge >= 0.3 is 11.7 Å². The van der Waals surface area contributed by atoms with Crippen LogP contribution in [0.2, 0.25) is 0 Å². The Morgan fingerprint density at radius 3 is 2.31 bits per heavy atom. The first-order valence-corrected chi connectivity index (χ1v) is 10.1. The van der Waals surface area contributed by atoms with Crippen LogP contribution in [-0.4, -0.2) is 26.6 Å². The number of aliphatic imine (C=N–C) groups is 1. The third-order valence-corrected chi connectivity index (χ3v) is 5.09. The van der Waals surface area contributed by atoms with Gasteiger partial charge < -0.3 is 9.47 Å². The highest BCUT2D eigenvalue weighted by molar-refractivity contribution is 6.13.